The first-order valence-corrected chi connectivity index (χ1v) is 12.1. The molecule has 0 aliphatic carbocycles. The zero-order valence-corrected chi connectivity index (χ0v) is 21.2. The van der Waals surface area contributed by atoms with Gasteiger partial charge < -0.3 is 30.5 Å². The van der Waals surface area contributed by atoms with Gasteiger partial charge in [0.1, 0.15) is 22.8 Å². The van der Waals surface area contributed by atoms with Crippen LogP contribution in [0.2, 0.25) is 0 Å². The quantitative estimate of drug-likeness (QED) is 0.287. The lowest BCUT2D eigenvalue weighted by atomic mass is 9.97. The monoisotopic (exact) mass is 516 g/mol. The molecule has 1 atom stereocenters. The fourth-order valence-corrected chi connectivity index (χ4v) is 4.79. The van der Waals surface area contributed by atoms with Crippen molar-refractivity contribution in [2.24, 2.45) is 5.73 Å². The van der Waals surface area contributed by atoms with E-state index in [1.807, 2.05) is 13.8 Å². The van der Waals surface area contributed by atoms with Crippen LogP contribution < -0.4 is 21.1 Å². The second-order valence-electron chi connectivity index (χ2n) is 9.08. The van der Waals surface area contributed by atoms with E-state index in [1.54, 1.807) is 47.5 Å². The van der Waals surface area contributed by atoms with E-state index < -0.39 is 5.91 Å². The Hall–Kier alpha value is -4.87. The summed E-state index contributed by atoms with van der Waals surface area (Å²) in [6, 6.07) is 10.3. The molecule has 5 rings (SSSR count). The molecule has 5 N–H and O–H groups in total. The van der Waals surface area contributed by atoms with Crippen molar-refractivity contribution in [3.8, 4) is 17.1 Å². The van der Waals surface area contributed by atoms with Crippen molar-refractivity contribution in [1.29, 1.82) is 0 Å². The minimum Gasteiger partial charge on any atom is -0.481 e. The number of H-pyrrole nitrogens is 1. The van der Waals surface area contributed by atoms with E-state index in [0.717, 1.165) is 23.4 Å². The zero-order chi connectivity index (χ0) is 26.8. The maximum absolute atomic E-state index is 12.9. The van der Waals surface area contributed by atoms with Gasteiger partial charge in [-0.2, -0.15) is 5.10 Å². The van der Waals surface area contributed by atoms with Gasteiger partial charge in [-0.05, 0) is 38.5 Å². The molecule has 1 aliphatic heterocycles. The number of ether oxygens (including phenoxy) is 1. The van der Waals surface area contributed by atoms with Crippen LogP contribution in [0.4, 0.5) is 22.0 Å². The molecule has 1 unspecified atom stereocenters. The number of carbonyl (C=O) groups excluding carboxylic acids is 2. The van der Waals surface area contributed by atoms with Crippen LogP contribution in [0.3, 0.4) is 0 Å². The van der Waals surface area contributed by atoms with Crippen molar-refractivity contribution in [2.75, 3.05) is 30.8 Å². The third kappa shape index (κ3) is 4.88. The number of aromatic amines is 1. The van der Waals surface area contributed by atoms with E-state index >= 15 is 0 Å². The lowest BCUT2D eigenvalue weighted by Crippen LogP contribution is -2.32. The Morgan fingerprint density at radius 1 is 1.18 bits per heavy atom. The van der Waals surface area contributed by atoms with Crippen LogP contribution >= 0.6 is 0 Å². The smallest absolute Gasteiger partial charge is 0.321 e. The predicted octanol–water partition coefficient (Wildman–Crippen LogP) is 3.95. The number of primary amides is 1. The van der Waals surface area contributed by atoms with Gasteiger partial charge in [0.25, 0.3) is 5.91 Å². The molecule has 3 aromatic heterocycles. The van der Waals surface area contributed by atoms with Crippen LogP contribution in [0.1, 0.15) is 39.7 Å². The third-order valence-corrected chi connectivity index (χ3v) is 6.61. The number of anilines is 3. The molecule has 0 radical (unpaired) electrons. The van der Waals surface area contributed by atoms with Crippen molar-refractivity contribution in [1.82, 2.24) is 25.2 Å². The van der Waals surface area contributed by atoms with Gasteiger partial charge in [0.15, 0.2) is 0 Å². The molecule has 12 nitrogen and oxygen atoms in total. The molecule has 12 heteroatoms. The van der Waals surface area contributed by atoms with Gasteiger partial charge in [0.05, 0.1) is 12.8 Å². The number of aromatic nitrogens is 4. The normalized spacial score (nSPS) is 14.9. The van der Waals surface area contributed by atoms with Crippen LogP contribution in [-0.4, -0.2) is 57.4 Å². The lowest BCUT2D eigenvalue weighted by Gasteiger charge is -2.17. The summed E-state index contributed by atoms with van der Waals surface area (Å²) in [5.74, 6) is 1.13. The fraction of sp³-hybridized carbons (Fsp3) is 0.269. The summed E-state index contributed by atoms with van der Waals surface area (Å²) >= 11 is 0. The molecule has 38 heavy (non-hydrogen) atoms. The number of nitrogens with two attached hydrogens (primary N) is 1. The van der Waals surface area contributed by atoms with Crippen molar-refractivity contribution in [3.05, 3.63) is 65.2 Å². The Bertz CT molecular complexity index is 1460. The standard InChI is InChI=1S/C26H28N8O4/c1-14-21(15(2)38-33-14)17-9-11-34(13-17)26(36)30-18-6-4-16(5-7-18)23-22(24(27)35)25(32-31-23)29-19-8-10-28-20(12-19)37-3/h4-8,10,12,17H,9,11,13H2,1-3H3,(H2,27,35)(H,30,36)(H2,28,29,31,32). The molecule has 3 amide bonds. The molecule has 4 aromatic rings. The molecule has 196 valence electrons. The van der Waals surface area contributed by atoms with Crippen LogP contribution in [0.15, 0.2) is 47.1 Å². The highest BCUT2D eigenvalue weighted by Gasteiger charge is 2.31. The van der Waals surface area contributed by atoms with Crippen molar-refractivity contribution < 1.29 is 18.8 Å². The van der Waals surface area contributed by atoms with Gasteiger partial charge >= 0.3 is 6.03 Å². The highest BCUT2D eigenvalue weighted by Crippen LogP contribution is 2.33. The molecule has 0 bridgehead atoms. The van der Waals surface area contributed by atoms with Gasteiger partial charge in [-0.25, -0.2) is 9.78 Å². The highest BCUT2D eigenvalue weighted by atomic mass is 16.5. The predicted molar refractivity (Wildman–Crippen MR) is 141 cm³/mol. The SMILES string of the molecule is COc1cc(Nc2[nH]nc(-c3ccc(NC(=O)N4CCC(c5c(C)noc5C)C4)cc3)c2C(N)=O)ccn1. The Morgan fingerprint density at radius 2 is 1.97 bits per heavy atom. The number of rotatable bonds is 7. The van der Waals surface area contributed by atoms with E-state index in [4.69, 9.17) is 15.0 Å². The minimum absolute atomic E-state index is 0.177. The molecule has 0 spiro atoms. The van der Waals surface area contributed by atoms with Crippen molar-refractivity contribution >= 4 is 29.1 Å². The molecular formula is C26H28N8O4. The summed E-state index contributed by atoms with van der Waals surface area (Å²) in [7, 11) is 1.52. The Morgan fingerprint density at radius 3 is 2.66 bits per heavy atom. The van der Waals surface area contributed by atoms with Gasteiger partial charge in [0.2, 0.25) is 5.88 Å². The van der Waals surface area contributed by atoms with Gasteiger partial charge in [-0.3, -0.25) is 9.89 Å². The summed E-state index contributed by atoms with van der Waals surface area (Å²) in [4.78, 5) is 31.1. The molecule has 1 fully saturated rings. The van der Waals surface area contributed by atoms with E-state index in [1.165, 1.54) is 7.11 Å². The molecular weight excluding hydrogens is 488 g/mol. The van der Waals surface area contributed by atoms with Crippen LogP contribution in [0.5, 0.6) is 5.88 Å². The molecule has 4 heterocycles. The van der Waals surface area contributed by atoms with Crippen LogP contribution in [0, 0.1) is 13.8 Å². The molecule has 1 aliphatic rings. The van der Waals surface area contributed by atoms with Crippen LogP contribution in [0.25, 0.3) is 11.3 Å². The summed E-state index contributed by atoms with van der Waals surface area (Å²) in [5, 5.41) is 17.2. The largest absolute Gasteiger partial charge is 0.481 e. The average molecular weight is 517 g/mol. The molecule has 1 aromatic carbocycles. The average Bonchev–Trinajstić information content (AvgIpc) is 3.63. The van der Waals surface area contributed by atoms with Gasteiger partial charge in [-0.15, -0.1) is 0 Å². The van der Waals surface area contributed by atoms with Crippen molar-refractivity contribution in [2.45, 2.75) is 26.2 Å². The number of benzene rings is 1. The number of hydrogen-bond acceptors (Lipinski definition) is 8. The number of aryl methyl sites for hydroxylation is 2. The number of nitrogens with one attached hydrogen (secondary N) is 3. The van der Waals surface area contributed by atoms with Gasteiger partial charge in [-0.1, -0.05) is 17.3 Å². The summed E-state index contributed by atoms with van der Waals surface area (Å²) in [5.41, 5.74) is 10.2. The van der Waals surface area contributed by atoms with Crippen LogP contribution in [-0.2, 0) is 0 Å². The van der Waals surface area contributed by atoms with E-state index in [9.17, 15) is 9.59 Å². The summed E-state index contributed by atoms with van der Waals surface area (Å²) in [6.07, 6.45) is 2.43. The van der Waals surface area contributed by atoms with E-state index in [-0.39, 0.29) is 17.5 Å². The lowest BCUT2D eigenvalue weighted by molar-refractivity contribution is 0.100. The highest BCUT2D eigenvalue weighted by molar-refractivity contribution is 6.04. The number of urea groups is 1. The number of methoxy groups -OCH3 is 1. The fourth-order valence-electron chi connectivity index (χ4n) is 4.79. The first-order chi connectivity index (χ1) is 18.3. The number of pyridine rings is 1. The Balaban J connectivity index is 1.28. The zero-order valence-electron chi connectivity index (χ0n) is 21.2. The van der Waals surface area contributed by atoms with Gasteiger partial charge in [0, 0.05) is 53.8 Å². The first-order valence-electron chi connectivity index (χ1n) is 12.1. The summed E-state index contributed by atoms with van der Waals surface area (Å²) in [6.45, 7) is 5.07. The number of likely N-dealkylation sites (tertiary alicyclic amines) is 1. The topological polar surface area (TPSA) is 164 Å². The molecule has 0 saturated carbocycles. The number of carbonyl (C=O) groups is 2. The summed E-state index contributed by atoms with van der Waals surface area (Å²) < 4.78 is 10.4. The Kier molecular flexibility index (Phi) is 6.69. The minimum atomic E-state index is -0.642. The Labute approximate surface area is 218 Å². The number of amides is 3. The molecule has 1 saturated heterocycles. The third-order valence-electron chi connectivity index (χ3n) is 6.61. The second kappa shape index (κ2) is 10.2. The number of nitrogens with zero attached hydrogens (tertiary/aromatic N) is 4. The number of hydrogen-bond donors (Lipinski definition) is 4. The van der Waals surface area contributed by atoms with E-state index in [0.29, 0.717) is 47.4 Å². The maximum atomic E-state index is 12.9. The second-order valence-corrected chi connectivity index (χ2v) is 9.08. The van der Waals surface area contributed by atoms with E-state index in [2.05, 4.69) is 31.0 Å². The first kappa shape index (κ1) is 24.8. The van der Waals surface area contributed by atoms with Crippen molar-refractivity contribution in [3.63, 3.8) is 0 Å². The maximum Gasteiger partial charge on any atom is 0.321 e.